The minimum atomic E-state index is -0.261. The van der Waals surface area contributed by atoms with Gasteiger partial charge in [-0.15, -0.1) is 0 Å². The smallest absolute Gasteiger partial charge is 0.246 e. The van der Waals surface area contributed by atoms with Gasteiger partial charge in [-0.05, 0) is 40.5 Å². The molecule has 0 aromatic heterocycles. The van der Waals surface area contributed by atoms with Gasteiger partial charge in [0.15, 0.2) is 0 Å². The molecule has 1 aromatic rings. The summed E-state index contributed by atoms with van der Waals surface area (Å²) in [5.41, 5.74) is 7.99. The number of likely N-dealkylation sites (N-methyl/N-ethyl adjacent to an activating group) is 1. The van der Waals surface area contributed by atoms with Crippen molar-refractivity contribution in [2.75, 3.05) is 31.6 Å². The molecule has 4 nitrogen and oxygen atoms in total. The molecule has 1 heterocycles. The number of hydrogen-bond acceptors (Lipinski definition) is 3. The maximum atomic E-state index is 12.1. The standard InChI is InChI=1S/C13H18BrN3O/c1-9-3-4-11(10(14)7-9)17-6-5-16(2)13(18)12(17)8-15/h3-4,7,12H,5-6,8,15H2,1-2H3. The molecule has 2 rings (SSSR count). The molecule has 1 atom stereocenters. The highest BCUT2D eigenvalue weighted by Crippen LogP contribution is 2.30. The van der Waals surface area contributed by atoms with Gasteiger partial charge in [0.2, 0.25) is 5.91 Å². The van der Waals surface area contributed by atoms with E-state index in [4.69, 9.17) is 5.73 Å². The second kappa shape index (κ2) is 5.28. The third-order valence-corrected chi connectivity index (χ3v) is 3.98. The lowest BCUT2D eigenvalue weighted by Crippen LogP contribution is -2.58. The fraction of sp³-hybridized carbons (Fsp3) is 0.462. The first-order valence-electron chi connectivity index (χ1n) is 6.02. The summed E-state index contributed by atoms with van der Waals surface area (Å²) in [6.07, 6.45) is 0. The van der Waals surface area contributed by atoms with Crippen LogP contribution in [0, 0.1) is 6.92 Å². The normalized spacial score (nSPS) is 20.4. The van der Waals surface area contributed by atoms with E-state index in [-0.39, 0.29) is 11.9 Å². The van der Waals surface area contributed by atoms with Gasteiger partial charge in [0.05, 0.1) is 5.69 Å². The molecule has 98 valence electrons. The molecule has 1 fully saturated rings. The van der Waals surface area contributed by atoms with Gasteiger partial charge in [0, 0.05) is 31.2 Å². The van der Waals surface area contributed by atoms with Gasteiger partial charge >= 0.3 is 0 Å². The number of carbonyl (C=O) groups excluding carboxylic acids is 1. The predicted molar refractivity (Wildman–Crippen MR) is 76.7 cm³/mol. The molecule has 2 N–H and O–H groups in total. The first-order valence-corrected chi connectivity index (χ1v) is 6.81. The lowest BCUT2D eigenvalue weighted by molar-refractivity contribution is -0.132. The van der Waals surface area contributed by atoms with Crippen LogP contribution >= 0.6 is 15.9 Å². The number of anilines is 1. The van der Waals surface area contributed by atoms with Crippen LogP contribution in [0.15, 0.2) is 22.7 Å². The van der Waals surface area contributed by atoms with Crippen LogP contribution in [0.1, 0.15) is 5.56 Å². The number of piperazine rings is 1. The molecular weight excluding hydrogens is 294 g/mol. The highest BCUT2D eigenvalue weighted by atomic mass is 79.9. The minimum absolute atomic E-state index is 0.0937. The summed E-state index contributed by atoms with van der Waals surface area (Å²) >= 11 is 3.57. The maximum Gasteiger partial charge on any atom is 0.246 e. The average molecular weight is 312 g/mol. The highest BCUT2D eigenvalue weighted by Gasteiger charge is 2.32. The van der Waals surface area contributed by atoms with Crippen LogP contribution in [-0.4, -0.2) is 43.5 Å². The topological polar surface area (TPSA) is 49.6 Å². The zero-order chi connectivity index (χ0) is 13.3. The third kappa shape index (κ3) is 2.37. The van der Waals surface area contributed by atoms with E-state index in [0.717, 1.165) is 23.2 Å². The Hall–Kier alpha value is -1.07. The second-order valence-corrected chi connectivity index (χ2v) is 5.51. The van der Waals surface area contributed by atoms with E-state index >= 15 is 0 Å². The second-order valence-electron chi connectivity index (χ2n) is 4.66. The van der Waals surface area contributed by atoms with Crippen LogP contribution in [0.25, 0.3) is 0 Å². The van der Waals surface area contributed by atoms with Crippen molar-refractivity contribution >= 4 is 27.5 Å². The molecule has 0 radical (unpaired) electrons. The van der Waals surface area contributed by atoms with Gasteiger partial charge in [0.25, 0.3) is 0 Å². The summed E-state index contributed by atoms with van der Waals surface area (Å²) in [6, 6.07) is 5.89. The summed E-state index contributed by atoms with van der Waals surface area (Å²) in [5.74, 6) is 0.0937. The molecule has 1 amide bonds. The van der Waals surface area contributed by atoms with Crippen molar-refractivity contribution in [3.05, 3.63) is 28.2 Å². The fourth-order valence-corrected chi connectivity index (χ4v) is 2.99. The van der Waals surface area contributed by atoms with Gasteiger partial charge < -0.3 is 15.5 Å². The van der Waals surface area contributed by atoms with Crippen molar-refractivity contribution in [2.24, 2.45) is 5.73 Å². The quantitative estimate of drug-likeness (QED) is 0.897. The lowest BCUT2D eigenvalue weighted by Gasteiger charge is -2.40. The summed E-state index contributed by atoms with van der Waals surface area (Å²) in [6.45, 7) is 3.93. The van der Waals surface area contributed by atoms with E-state index in [0.29, 0.717) is 6.54 Å². The number of amides is 1. The monoisotopic (exact) mass is 311 g/mol. The largest absolute Gasteiger partial charge is 0.356 e. The Morgan fingerprint density at radius 1 is 1.44 bits per heavy atom. The molecule has 1 unspecified atom stereocenters. The third-order valence-electron chi connectivity index (χ3n) is 3.35. The highest BCUT2D eigenvalue weighted by molar-refractivity contribution is 9.10. The molecule has 0 saturated carbocycles. The summed E-state index contributed by atoms with van der Waals surface area (Å²) in [4.78, 5) is 15.9. The van der Waals surface area contributed by atoms with E-state index in [1.54, 1.807) is 4.90 Å². The van der Waals surface area contributed by atoms with Gasteiger partial charge in [0.1, 0.15) is 6.04 Å². The Morgan fingerprint density at radius 2 is 2.17 bits per heavy atom. The van der Waals surface area contributed by atoms with Crippen molar-refractivity contribution in [2.45, 2.75) is 13.0 Å². The van der Waals surface area contributed by atoms with E-state index in [1.807, 2.05) is 20.0 Å². The van der Waals surface area contributed by atoms with Crippen LogP contribution in [0.5, 0.6) is 0 Å². The Labute approximate surface area is 116 Å². The predicted octanol–water partition coefficient (Wildman–Crippen LogP) is 1.36. The molecule has 1 aromatic carbocycles. The first-order chi connectivity index (χ1) is 8.54. The zero-order valence-corrected chi connectivity index (χ0v) is 12.3. The molecule has 1 saturated heterocycles. The molecule has 18 heavy (non-hydrogen) atoms. The Balaban J connectivity index is 2.34. The first kappa shape index (κ1) is 13.4. The van der Waals surface area contributed by atoms with Crippen LogP contribution in [0.4, 0.5) is 5.69 Å². The van der Waals surface area contributed by atoms with E-state index in [2.05, 4.69) is 33.0 Å². The van der Waals surface area contributed by atoms with Crippen molar-refractivity contribution in [1.82, 2.24) is 4.90 Å². The summed E-state index contributed by atoms with van der Waals surface area (Å²) in [5, 5.41) is 0. The SMILES string of the molecule is Cc1ccc(N2CCN(C)C(=O)C2CN)c(Br)c1. The van der Waals surface area contributed by atoms with Crippen LogP contribution < -0.4 is 10.6 Å². The number of nitrogens with zero attached hydrogens (tertiary/aromatic N) is 2. The summed E-state index contributed by atoms with van der Waals surface area (Å²) in [7, 11) is 1.83. The van der Waals surface area contributed by atoms with Gasteiger partial charge in [-0.3, -0.25) is 4.79 Å². The Morgan fingerprint density at radius 3 is 2.78 bits per heavy atom. The summed E-state index contributed by atoms with van der Waals surface area (Å²) < 4.78 is 1.01. The number of rotatable bonds is 2. The van der Waals surface area contributed by atoms with Crippen molar-refractivity contribution in [3.63, 3.8) is 0 Å². The molecule has 0 aliphatic carbocycles. The van der Waals surface area contributed by atoms with Gasteiger partial charge in [-0.2, -0.15) is 0 Å². The minimum Gasteiger partial charge on any atom is -0.356 e. The van der Waals surface area contributed by atoms with Crippen LogP contribution in [0.2, 0.25) is 0 Å². The molecule has 1 aliphatic rings. The fourth-order valence-electron chi connectivity index (χ4n) is 2.27. The maximum absolute atomic E-state index is 12.1. The van der Waals surface area contributed by atoms with E-state index in [9.17, 15) is 4.79 Å². The average Bonchev–Trinajstić information content (AvgIpc) is 2.33. The number of benzene rings is 1. The molecule has 0 bridgehead atoms. The van der Waals surface area contributed by atoms with Crippen molar-refractivity contribution in [3.8, 4) is 0 Å². The number of nitrogens with two attached hydrogens (primary N) is 1. The Bertz CT molecular complexity index is 464. The van der Waals surface area contributed by atoms with Crippen molar-refractivity contribution < 1.29 is 4.79 Å². The van der Waals surface area contributed by atoms with Crippen molar-refractivity contribution in [1.29, 1.82) is 0 Å². The Kier molecular flexibility index (Phi) is 3.92. The number of aryl methyl sites for hydroxylation is 1. The lowest BCUT2D eigenvalue weighted by atomic mass is 10.1. The zero-order valence-electron chi connectivity index (χ0n) is 10.7. The molecule has 1 aliphatic heterocycles. The molecular formula is C13H18BrN3O. The number of carbonyl (C=O) groups is 1. The van der Waals surface area contributed by atoms with Gasteiger partial charge in [-0.1, -0.05) is 6.07 Å². The van der Waals surface area contributed by atoms with Crippen LogP contribution in [-0.2, 0) is 4.79 Å². The molecule has 0 spiro atoms. The van der Waals surface area contributed by atoms with Gasteiger partial charge in [-0.25, -0.2) is 0 Å². The van der Waals surface area contributed by atoms with E-state index in [1.165, 1.54) is 5.56 Å². The number of halogens is 1. The van der Waals surface area contributed by atoms with E-state index < -0.39 is 0 Å². The number of hydrogen-bond donors (Lipinski definition) is 1. The van der Waals surface area contributed by atoms with Crippen LogP contribution in [0.3, 0.4) is 0 Å². The molecule has 5 heteroatoms.